The Kier molecular flexibility index (Phi) is 5.34. The molecule has 1 saturated heterocycles. The number of carbonyl (C=O) groups is 1. The van der Waals surface area contributed by atoms with Gasteiger partial charge in [-0.2, -0.15) is 11.8 Å². The Labute approximate surface area is 126 Å². The number of rotatable bonds is 5. The van der Waals surface area contributed by atoms with Gasteiger partial charge in [0, 0.05) is 37.7 Å². The van der Waals surface area contributed by atoms with Crippen molar-refractivity contribution in [3.8, 4) is 0 Å². The standard InChI is InChI=1S/C12H17N5O3S/c13-11-7-9(10(8-15-11)17(19)20)12(18)14-1-2-16-3-5-21-6-4-16/h7-8H,1-6H2,(H2,13,15)(H,14,18). The number of nitro groups is 1. The van der Waals surface area contributed by atoms with Gasteiger partial charge in [-0.3, -0.25) is 19.8 Å². The van der Waals surface area contributed by atoms with Gasteiger partial charge in [0.25, 0.3) is 11.6 Å². The molecule has 2 heterocycles. The van der Waals surface area contributed by atoms with Crippen LogP contribution in [0.1, 0.15) is 10.4 Å². The lowest BCUT2D eigenvalue weighted by atomic mass is 10.2. The number of amides is 1. The molecule has 3 N–H and O–H groups in total. The molecule has 1 aromatic heterocycles. The first-order valence-electron chi connectivity index (χ1n) is 6.56. The van der Waals surface area contributed by atoms with Gasteiger partial charge < -0.3 is 11.1 Å². The summed E-state index contributed by atoms with van der Waals surface area (Å²) in [6.45, 7) is 3.19. The normalized spacial score (nSPS) is 15.6. The second-order valence-electron chi connectivity index (χ2n) is 4.59. The topological polar surface area (TPSA) is 114 Å². The van der Waals surface area contributed by atoms with Crippen molar-refractivity contribution >= 4 is 29.2 Å². The molecule has 2 rings (SSSR count). The van der Waals surface area contributed by atoms with Crippen molar-refractivity contribution in [1.82, 2.24) is 15.2 Å². The molecular weight excluding hydrogens is 294 g/mol. The average molecular weight is 311 g/mol. The van der Waals surface area contributed by atoms with Crippen LogP contribution in [0.15, 0.2) is 12.3 Å². The van der Waals surface area contributed by atoms with E-state index in [1.54, 1.807) is 0 Å². The van der Waals surface area contributed by atoms with E-state index in [4.69, 9.17) is 5.73 Å². The van der Waals surface area contributed by atoms with E-state index in [1.165, 1.54) is 6.07 Å². The number of nitrogen functional groups attached to an aromatic ring is 1. The van der Waals surface area contributed by atoms with E-state index < -0.39 is 10.8 Å². The Hall–Kier alpha value is -1.87. The molecule has 0 atom stereocenters. The molecule has 21 heavy (non-hydrogen) atoms. The minimum Gasteiger partial charge on any atom is -0.384 e. The van der Waals surface area contributed by atoms with Crippen LogP contribution in [-0.2, 0) is 0 Å². The molecule has 0 spiro atoms. The van der Waals surface area contributed by atoms with E-state index in [0.717, 1.165) is 37.3 Å². The van der Waals surface area contributed by atoms with Crippen molar-refractivity contribution in [3.05, 3.63) is 27.9 Å². The molecule has 1 aliphatic rings. The largest absolute Gasteiger partial charge is 0.384 e. The molecular formula is C12H17N5O3S. The Morgan fingerprint density at radius 2 is 2.24 bits per heavy atom. The Morgan fingerprint density at radius 3 is 2.90 bits per heavy atom. The first kappa shape index (κ1) is 15.5. The second-order valence-corrected chi connectivity index (χ2v) is 5.82. The highest BCUT2D eigenvalue weighted by atomic mass is 32.2. The molecule has 114 valence electrons. The zero-order valence-electron chi connectivity index (χ0n) is 11.4. The predicted octanol–water partition coefficient (Wildman–Crippen LogP) is 0.351. The number of aromatic nitrogens is 1. The molecule has 0 saturated carbocycles. The van der Waals surface area contributed by atoms with Crippen LogP contribution in [0.3, 0.4) is 0 Å². The number of thioether (sulfide) groups is 1. The maximum atomic E-state index is 12.0. The van der Waals surface area contributed by atoms with Gasteiger partial charge in [0.15, 0.2) is 0 Å². The van der Waals surface area contributed by atoms with E-state index in [0.29, 0.717) is 6.54 Å². The summed E-state index contributed by atoms with van der Waals surface area (Å²) in [5, 5.41) is 13.6. The Morgan fingerprint density at radius 1 is 1.52 bits per heavy atom. The third-order valence-corrected chi connectivity index (χ3v) is 4.11. The summed E-state index contributed by atoms with van der Waals surface area (Å²) in [7, 11) is 0. The van der Waals surface area contributed by atoms with E-state index >= 15 is 0 Å². The fourth-order valence-electron chi connectivity index (χ4n) is 2.04. The summed E-state index contributed by atoms with van der Waals surface area (Å²) in [6.07, 6.45) is 1.01. The molecule has 0 radical (unpaired) electrons. The summed E-state index contributed by atoms with van der Waals surface area (Å²) < 4.78 is 0. The van der Waals surface area contributed by atoms with Gasteiger partial charge in [0.1, 0.15) is 17.6 Å². The van der Waals surface area contributed by atoms with Gasteiger partial charge in [-0.05, 0) is 6.07 Å². The summed E-state index contributed by atoms with van der Waals surface area (Å²) in [5.74, 6) is 1.78. The number of nitrogens with zero attached hydrogens (tertiary/aromatic N) is 3. The highest BCUT2D eigenvalue weighted by molar-refractivity contribution is 7.99. The number of nitrogens with one attached hydrogen (secondary N) is 1. The van der Waals surface area contributed by atoms with Crippen LogP contribution in [0.25, 0.3) is 0 Å². The lowest BCUT2D eigenvalue weighted by molar-refractivity contribution is -0.385. The SMILES string of the molecule is Nc1cc(C(=O)NCCN2CCSCC2)c([N+](=O)[O-])cn1. The number of pyridine rings is 1. The third-order valence-electron chi connectivity index (χ3n) is 3.16. The molecule has 1 amide bonds. The first-order chi connectivity index (χ1) is 10.1. The van der Waals surface area contributed by atoms with E-state index in [-0.39, 0.29) is 17.1 Å². The zero-order chi connectivity index (χ0) is 15.2. The summed E-state index contributed by atoms with van der Waals surface area (Å²) in [5.41, 5.74) is 5.10. The van der Waals surface area contributed by atoms with Crippen LogP contribution >= 0.6 is 11.8 Å². The summed E-state index contributed by atoms with van der Waals surface area (Å²) in [6, 6.07) is 1.23. The average Bonchev–Trinajstić information content (AvgIpc) is 2.47. The summed E-state index contributed by atoms with van der Waals surface area (Å²) in [4.78, 5) is 28.2. The molecule has 1 aliphatic heterocycles. The highest BCUT2D eigenvalue weighted by Gasteiger charge is 2.21. The van der Waals surface area contributed by atoms with Gasteiger partial charge in [-0.15, -0.1) is 0 Å². The zero-order valence-corrected chi connectivity index (χ0v) is 12.3. The van der Waals surface area contributed by atoms with Crippen molar-refractivity contribution < 1.29 is 9.72 Å². The Bertz CT molecular complexity index is 534. The van der Waals surface area contributed by atoms with Crippen LogP contribution in [0.2, 0.25) is 0 Å². The second kappa shape index (κ2) is 7.23. The van der Waals surface area contributed by atoms with Crippen LogP contribution in [-0.4, -0.2) is 58.4 Å². The van der Waals surface area contributed by atoms with Crippen LogP contribution in [0, 0.1) is 10.1 Å². The van der Waals surface area contributed by atoms with Crippen LogP contribution in [0.5, 0.6) is 0 Å². The lowest BCUT2D eigenvalue weighted by Crippen LogP contribution is -2.39. The van der Waals surface area contributed by atoms with Gasteiger partial charge in [-0.25, -0.2) is 4.98 Å². The predicted molar refractivity (Wildman–Crippen MR) is 81.4 cm³/mol. The molecule has 0 aliphatic carbocycles. The van der Waals surface area contributed by atoms with Gasteiger partial charge in [0.05, 0.1) is 4.92 Å². The van der Waals surface area contributed by atoms with E-state index in [1.807, 2.05) is 11.8 Å². The molecule has 0 unspecified atom stereocenters. The smallest absolute Gasteiger partial charge is 0.300 e. The fraction of sp³-hybridized carbons (Fsp3) is 0.500. The van der Waals surface area contributed by atoms with Gasteiger partial charge in [0.2, 0.25) is 0 Å². The van der Waals surface area contributed by atoms with Crippen molar-refractivity contribution in [2.45, 2.75) is 0 Å². The van der Waals surface area contributed by atoms with E-state index in [9.17, 15) is 14.9 Å². The molecule has 9 heteroatoms. The van der Waals surface area contributed by atoms with Crippen LogP contribution in [0.4, 0.5) is 11.5 Å². The fourth-order valence-corrected chi connectivity index (χ4v) is 3.02. The maximum absolute atomic E-state index is 12.0. The minimum absolute atomic E-state index is 0.0540. The number of nitrogens with two attached hydrogens (primary N) is 1. The number of anilines is 1. The minimum atomic E-state index is -0.636. The maximum Gasteiger partial charge on any atom is 0.300 e. The van der Waals surface area contributed by atoms with Crippen molar-refractivity contribution in [2.75, 3.05) is 43.4 Å². The molecule has 8 nitrogen and oxygen atoms in total. The Balaban J connectivity index is 1.93. The number of carbonyl (C=O) groups excluding carboxylic acids is 1. The molecule has 0 aromatic carbocycles. The van der Waals surface area contributed by atoms with Gasteiger partial charge >= 0.3 is 0 Å². The third kappa shape index (κ3) is 4.30. The lowest BCUT2D eigenvalue weighted by Gasteiger charge is -2.25. The van der Waals surface area contributed by atoms with Crippen molar-refractivity contribution in [1.29, 1.82) is 0 Å². The van der Waals surface area contributed by atoms with Crippen molar-refractivity contribution in [2.24, 2.45) is 0 Å². The molecule has 1 aromatic rings. The monoisotopic (exact) mass is 311 g/mol. The highest BCUT2D eigenvalue weighted by Crippen LogP contribution is 2.18. The first-order valence-corrected chi connectivity index (χ1v) is 7.71. The van der Waals surface area contributed by atoms with Gasteiger partial charge in [-0.1, -0.05) is 0 Å². The quantitative estimate of drug-likeness (QED) is 0.595. The number of hydrogen-bond donors (Lipinski definition) is 2. The van der Waals surface area contributed by atoms with Crippen molar-refractivity contribution in [3.63, 3.8) is 0 Å². The van der Waals surface area contributed by atoms with Crippen LogP contribution < -0.4 is 11.1 Å². The molecule has 1 fully saturated rings. The number of hydrogen-bond acceptors (Lipinski definition) is 7. The summed E-state index contributed by atoms with van der Waals surface area (Å²) >= 11 is 1.92. The van der Waals surface area contributed by atoms with E-state index in [2.05, 4.69) is 15.2 Å². The molecule has 0 bridgehead atoms.